The summed E-state index contributed by atoms with van der Waals surface area (Å²) < 4.78 is 11.5. The zero-order chi connectivity index (χ0) is 17.9. The molecule has 0 aliphatic rings. The molecule has 3 N–H and O–H groups in total. The number of nitrogens with two attached hydrogens (primary N) is 1. The summed E-state index contributed by atoms with van der Waals surface area (Å²) in [5.74, 6) is -1.55. The molecule has 0 saturated heterocycles. The Morgan fingerprint density at radius 1 is 1.42 bits per heavy atom. The number of carboxylic acids is 1. The van der Waals surface area contributed by atoms with E-state index in [2.05, 4.69) is 0 Å². The lowest BCUT2D eigenvalue weighted by atomic mass is 10.2. The van der Waals surface area contributed by atoms with Gasteiger partial charge in [0.15, 0.2) is 5.69 Å². The second-order valence-corrected chi connectivity index (χ2v) is 4.70. The molecule has 8 heteroatoms. The molecule has 1 heterocycles. The number of rotatable bonds is 5. The maximum atomic E-state index is 12.1. The number of nitrogens with zero attached hydrogens (tertiary/aromatic N) is 2. The average molecular weight is 329 g/mol. The summed E-state index contributed by atoms with van der Waals surface area (Å²) in [5, 5.41) is 18.3. The normalized spacial score (nSPS) is 10.0. The van der Waals surface area contributed by atoms with Gasteiger partial charge in [-0.05, 0) is 25.1 Å². The molecule has 0 atom stereocenters. The van der Waals surface area contributed by atoms with Gasteiger partial charge >= 0.3 is 11.9 Å². The third-order valence-electron chi connectivity index (χ3n) is 3.31. The highest BCUT2D eigenvalue weighted by Gasteiger charge is 2.24. The molecule has 0 saturated carbocycles. The Morgan fingerprint density at radius 3 is 2.67 bits per heavy atom. The fourth-order valence-corrected chi connectivity index (χ4v) is 2.22. The number of aromatic carboxylic acids is 1. The van der Waals surface area contributed by atoms with E-state index in [1.165, 1.54) is 36.1 Å². The second kappa shape index (κ2) is 6.75. The topological polar surface area (TPSA) is 128 Å². The van der Waals surface area contributed by atoms with Gasteiger partial charge in [0.2, 0.25) is 0 Å². The molecular weight excluding hydrogens is 314 g/mol. The van der Waals surface area contributed by atoms with Crippen LogP contribution in [0.1, 0.15) is 33.3 Å². The quantitative estimate of drug-likeness (QED) is 0.801. The van der Waals surface area contributed by atoms with E-state index in [4.69, 9.17) is 20.5 Å². The van der Waals surface area contributed by atoms with Crippen molar-refractivity contribution in [2.24, 2.45) is 0 Å². The van der Waals surface area contributed by atoms with Crippen LogP contribution in [0.25, 0.3) is 5.69 Å². The molecule has 0 unspecified atom stereocenters. The van der Waals surface area contributed by atoms with E-state index in [0.717, 1.165) is 0 Å². The summed E-state index contributed by atoms with van der Waals surface area (Å²) >= 11 is 0. The standard InChI is InChI=1S/C16H15N3O5/c1-3-24-12-5-4-9(15(20)21)6-11(12)19-8-10(7-17)13(18)14(19)16(22)23-2/h4-6,8H,3,18H2,1-2H3,(H,20,21). The Bertz CT molecular complexity index is 848. The van der Waals surface area contributed by atoms with E-state index < -0.39 is 11.9 Å². The number of anilines is 1. The molecule has 0 bridgehead atoms. The van der Waals surface area contributed by atoms with Crippen molar-refractivity contribution < 1.29 is 24.2 Å². The smallest absolute Gasteiger partial charge is 0.357 e. The second-order valence-electron chi connectivity index (χ2n) is 4.70. The van der Waals surface area contributed by atoms with Crippen LogP contribution in [-0.4, -0.2) is 35.3 Å². The van der Waals surface area contributed by atoms with Gasteiger partial charge in [0.1, 0.15) is 11.8 Å². The largest absolute Gasteiger partial charge is 0.492 e. The maximum absolute atomic E-state index is 12.1. The molecule has 24 heavy (non-hydrogen) atoms. The number of benzene rings is 1. The van der Waals surface area contributed by atoms with Crippen molar-refractivity contribution in [2.45, 2.75) is 6.92 Å². The van der Waals surface area contributed by atoms with E-state index in [1.807, 2.05) is 6.07 Å². The van der Waals surface area contributed by atoms with Gasteiger partial charge in [-0.15, -0.1) is 0 Å². The summed E-state index contributed by atoms with van der Waals surface area (Å²) in [4.78, 5) is 23.3. The predicted octanol–water partition coefficient (Wildman–Crippen LogP) is 1.81. The lowest BCUT2D eigenvalue weighted by molar-refractivity contribution is 0.0592. The number of hydrogen-bond acceptors (Lipinski definition) is 6. The minimum Gasteiger partial charge on any atom is -0.492 e. The Labute approximate surface area is 137 Å². The number of methoxy groups -OCH3 is 1. The van der Waals surface area contributed by atoms with Crippen molar-refractivity contribution in [1.82, 2.24) is 4.57 Å². The third-order valence-corrected chi connectivity index (χ3v) is 3.31. The number of nitriles is 1. The molecule has 0 aliphatic heterocycles. The van der Waals surface area contributed by atoms with Gasteiger partial charge in [0.05, 0.1) is 36.2 Å². The number of hydrogen-bond donors (Lipinski definition) is 2. The molecule has 8 nitrogen and oxygen atoms in total. The number of esters is 1. The average Bonchev–Trinajstić information content (AvgIpc) is 2.91. The van der Waals surface area contributed by atoms with Crippen LogP contribution in [0.2, 0.25) is 0 Å². The first kappa shape index (κ1) is 16.9. The summed E-state index contributed by atoms with van der Waals surface area (Å²) in [6.07, 6.45) is 1.34. The van der Waals surface area contributed by atoms with E-state index >= 15 is 0 Å². The number of carbonyl (C=O) groups excluding carboxylic acids is 1. The van der Waals surface area contributed by atoms with Gasteiger partial charge in [-0.1, -0.05) is 0 Å². The SMILES string of the molecule is CCOc1ccc(C(=O)O)cc1-n1cc(C#N)c(N)c1C(=O)OC. The number of ether oxygens (including phenoxy) is 2. The minimum absolute atomic E-state index is 0.00459. The van der Waals surface area contributed by atoms with Crippen LogP contribution in [-0.2, 0) is 4.74 Å². The number of nitrogen functional groups attached to an aromatic ring is 1. The third kappa shape index (κ3) is 2.87. The van der Waals surface area contributed by atoms with Crippen LogP contribution in [0, 0.1) is 11.3 Å². The highest BCUT2D eigenvalue weighted by molar-refractivity contribution is 5.96. The molecular formula is C16H15N3O5. The van der Waals surface area contributed by atoms with Gasteiger partial charge in [-0.25, -0.2) is 9.59 Å². The monoisotopic (exact) mass is 329 g/mol. The molecule has 0 radical (unpaired) electrons. The lowest BCUT2D eigenvalue weighted by Gasteiger charge is -2.14. The van der Waals surface area contributed by atoms with Crippen LogP contribution in [0.3, 0.4) is 0 Å². The van der Waals surface area contributed by atoms with E-state index in [9.17, 15) is 14.7 Å². The fraction of sp³-hybridized carbons (Fsp3) is 0.188. The molecule has 1 aromatic heterocycles. The summed E-state index contributed by atoms with van der Waals surface area (Å²) in [6, 6.07) is 6.08. The molecule has 2 rings (SSSR count). The molecule has 2 aromatic rings. The fourth-order valence-electron chi connectivity index (χ4n) is 2.22. The van der Waals surface area contributed by atoms with Crippen molar-refractivity contribution in [2.75, 3.05) is 19.5 Å². The van der Waals surface area contributed by atoms with Crippen molar-refractivity contribution in [3.63, 3.8) is 0 Å². The van der Waals surface area contributed by atoms with Crippen molar-refractivity contribution in [3.8, 4) is 17.5 Å². The van der Waals surface area contributed by atoms with Gasteiger partial charge in [-0.3, -0.25) is 0 Å². The molecule has 0 fully saturated rings. The van der Waals surface area contributed by atoms with Crippen molar-refractivity contribution >= 4 is 17.6 Å². The van der Waals surface area contributed by atoms with Gasteiger partial charge < -0.3 is 24.9 Å². The number of carbonyl (C=O) groups is 2. The maximum Gasteiger partial charge on any atom is 0.357 e. The summed E-state index contributed by atoms with van der Waals surface area (Å²) in [5.41, 5.74) is 6.06. The zero-order valence-electron chi connectivity index (χ0n) is 13.1. The van der Waals surface area contributed by atoms with E-state index in [1.54, 1.807) is 6.92 Å². The minimum atomic E-state index is -1.14. The van der Waals surface area contributed by atoms with Crippen LogP contribution in [0.5, 0.6) is 5.75 Å². The van der Waals surface area contributed by atoms with E-state index in [-0.39, 0.29) is 28.2 Å². The molecule has 124 valence electrons. The van der Waals surface area contributed by atoms with Gasteiger partial charge in [0.25, 0.3) is 0 Å². The Hall–Kier alpha value is -3.47. The summed E-state index contributed by atoms with van der Waals surface area (Å²) in [7, 11) is 1.18. The van der Waals surface area contributed by atoms with E-state index in [0.29, 0.717) is 12.4 Å². The van der Waals surface area contributed by atoms with Crippen molar-refractivity contribution in [3.05, 3.63) is 41.2 Å². The first-order chi connectivity index (χ1) is 11.4. The molecule has 0 aliphatic carbocycles. The van der Waals surface area contributed by atoms with Crippen molar-refractivity contribution in [1.29, 1.82) is 5.26 Å². The Balaban J connectivity index is 2.79. The van der Waals surface area contributed by atoms with Crippen LogP contribution in [0.4, 0.5) is 5.69 Å². The van der Waals surface area contributed by atoms with Crippen LogP contribution >= 0.6 is 0 Å². The van der Waals surface area contributed by atoms with Gasteiger partial charge in [0, 0.05) is 6.20 Å². The number of aromatic nitrogens is 1. The van der Waals surface area contributed by atoms with Crippen LogP contribution < -0.4 is 10.5 Å². The van der Waals surface area contributed by atoms with Gasteiger partial charge in [-0.2, -0.15) is 5.26 Å². The summed E-state index contributed by atoms with van der Waals surface area (Å²) in [6.45, 7) is 2.09. The first-order valence-corrected chi connectivity index (χ1v) is 6.94. The Morgan fingerprint density at radius 2 is 2.12 bits per heavy atom. The highest BCUT2D eigenvalue weighted by Crippen LogP contribution is 2.31. The van der Waals surface area contributed by atoms with Crippen LogP contribution in [0.15, 0.2) is 24.4 Å². The number of carboxylic acid groups (broad SMARTS) is 1. The predicted molar refractivity (Wildman–Crippen MR) is 84.4 cm³/mol. The molecule has 1 aromatic carbocycles. The molecule has 0 spiro atoms. The zero-order valence-corrected chi connectivity index (χ0v) is 13.1. The molecule has 0 amide bonds. The Kier molecular flexibility index (Phi) is 4.75. The first-order valence-electron chi connectivity index (χ1n) is 6.94. The highest BCUT2D eigenvalue weighted by atomic mass is 16.5. The lowest BCUT2D eigenvalue weighted by Crippen LogP contribution is -2.12.